The first-order valence-electron chi connectivity index (χ1n) is 4.19. The summed E-state index contributed by atoms with van der Waals surface area (Å²) in [5.74, 6) is 0.931. The number of rotatable bonds is 2. The lowest BCUT2D eigenvalue weighted by molar-refractivity contribution is 0.132. The Morgan fingerprint density at radius 3 is 2.77 bits per heavy atom. The third-order valence-electron chi connectivity index (χ3n) is 1.92. The first-order valence-corrected chi connectivity index (χ1v) is 5.17. The average Bonchev–Trinajstić information content (AvgIpc) is 2.67. The number of hydrogen-bond acceptors (Lipinski definition) is 3. The van der Waals surface area contributed by atoms with E-state index in [1.165, 1.54) is 5.56 Å². The Balaban J connectivity index is 2.19. The van der Waals surface area contributed by atoms with E-state index in [1.54, 1.807) is 18.9 Å². The van der Waals surface area contributed by atoms with Gasteiger partial charge < -0.3 is 4.74 Å². The lowest BCUT2D eigenvalue weighted by atomic mass is 10.2. The van der Waals surface area contributed by atoms with E-state index in [0.29, 0.717) is 0 Å². The summed E-state index contributed by atoms with van der Waals surface area (Å²) in [6, 6.07) is 10.2. The van der Waals surface area contributed by atoms with Crippen molar-refractivity contribution in [1.82, 2.24) is 0 Å². The van der Waals surface area contributed by atoms with Crippen LogP contribution in [0.15, 0.2) is 35.3 Å². The van der Waals surface area contributed by atoms with Crippen molar-refractivity contribution >= 4 is 16.8 Å². The van der Waals surface area contributed by atoms with Crippen LogP contribution in [0.2, 0.25) is 0 Å². The number of aliphatic imine (C=N–C) groups is 1. The molecule has 68 valence electrons. The molecule has 2 rings (SSSR count). The largest absolute Gasteiger partial charge is 0.359 e. The molecule has 0 saturated carbocycles. The van der Waals surface area contributed by atoms with Gasteiger partial charge in [-0.2, -0.15) is 0 Å². The highest BCUT2D eigenvalue weighted by Crippen LogP contribution is 2.23. The van der Waals surface area contributed by atoms with Crippen LogP contribution in [0.4, 0.5) is 0 Å². The van der Waals surface area contributed by atoms with E-state index in [1.807, 2.05) is 18.2 Å². The lowest BCUT2D eigenvalue weighted by Crippen LogP contribution is -2.04. The third kappa shape index (κ3) is 1.92. The zero-order chi connectivity index (χ0) is 9.10. The SMILES string of the molecule is COC1CSC(c2ccccc2)=N1. The van der Waals surface area contributed by atoms with Gasteiger partial charge in [0.15, 0.2) is 6.23 Å². The van der Waals surface area contributed by atoms with Crippen molar-refractivity contribution in [2.24, 2.45) is 4.99 Å². The number of hydrogen-bond donors (Lipinski definition) is 0. The normalized spacial score (nSPS) is 21.6. The van der Waals surface area contributed by atoms with Crippen molar-refractivity contribution in [3.8, 4) is 0 Å². The highest BCUT2D eigenvalue weighted by molar-refractivity contribution is 8.14. The predicted molar refractivity (Wildman–Crippen MR) is 56.2 cm³/mol. The number of ether oxygens (including phenoxy) is 1. The smallest absolute Gasteiger partial charge is 0.158 e. The Hall–Kier alpha value is -0.800. The molecule has 0 fully saturated rings. The molecule has 0 N–H and O–H groups in total. The molecule has 1 aromatic rings. The molecule has 0 bridgehead atoms. The van der Waals surface area contributed by atoms with E-state index in [2.05, 4.69) is 17.1 Å². The second-order valence-electron chi connectivity index (χ2n) is 2.80. The lowest BCUT2D eigenvalue weighted by Gasteiger charge is -1.99. The fourth-order valence-electron chi connectivity index (χ4n) is 1.21. The van der Waals surface area contributed by atoms with Gasteiger partial charge in [-0.25, -0.2) is 4.99 Å². The van der Waals surface area contributed by atoms with Gasteiger partial charge in [-0.1, -0.05) is 30.3 Å². The van der Waals surface area contributed by atoms with Crippen LogP contribution >= 0.6 is 11.8 Å². The topological polar surface area (TPSA) is 21.6 Å². The predicted octanol–water partition coefficient (Wildman–Crippen LogP) is 2.15. The fourth-order valence-corrected chi connectivity index (χ4v) is 2.22. The molecule has 0 spiro atoms. The molecule has 0 aliphatic carbocycles. The Morgan fingerprint density at radius 2 is 2.15 bits per heavy atom. The van der Waals surface area contributed by atoms with Crippen LogP contribution < -0.4 is 0 Å². The Kier molecular flexibility index (Phi) is 2.66. The second kappa shape index (κ2) is 3.94. The second-order valence-corrected chi connectivity index (χ2v) is 3.81. The highest BCUT2D eigenvalue weighted by Gasteiger charge is 2.17. The van der Waals surface area contributed by atoms with Gasteiger partial charge in [0.25, 0.3) is 0 Å². The van der Waals surface area contributed by atoms with Gasteiger partial charge in [0.1, 0.15) is 5.04 Å². The van der Waals surface area contributed by atoms with Crippen LogP contribution in [-0.2, 0) is 4.74 Å². The first-order chi connectivity index (χ1) is 6.40. The van der Waals surface area contributed by atoms with Gasteiger partial charge in [0, 0.05) is 18.4 Å². The summed E-state index contributed by atoms with van der Waals surface area (Å²) in [5, 5.41) is 1.09. The maximum atomic E-state index is 5.15. The summed E-state index contributed by atoms with van der Waals surface area (Å²) >= 11 is 1.75. The Bertz CT molecular complexity index is 310. The molecular formula is C10H11NOS. The van der Waals surface area contributed by atoms with Gasteiger partial charge in [-0.15, -0.1) is 11.8 Å². The van der Waals surface area contributed by atoms with Crippen LogP contribution in [0, 0.1) is 0 Å². The molecule has 1 heterocycles. The molecular weight excluding hydrogens is 182 g/mol. The number of methoxy groups -OCH3 is 1. The van der Waals surface area contributed by atoms with E-state index < -0.39 is 0 Å². The summed E-state index contributed by atoms with van der Waals surface area (Å²) < 4.78 is 5.15. The minimum atomic E-state index is 0.0419. The molecule has 0 saturated heterocycles. The zero-order valence-corrected chi connectivity index (χ0v) is 8.25. The van der Waals surface area contributed by atoms with E-state index in [9.17, 15) is 0 Å². The molecule has 2 nitrogen and oxygen atoms in total. The molecule has 1 atom stereocenters. The highest BCUT2D eigenvalue weighted by atomic mass is 32.2. The molecule has 0 amide bonds. The van der Waals surface area contributed by atoms with Crippen molar-refractivity contribution in [2.45, 2.75) is 6.23 Å². The van der Waals surface area contributed by atoms with Gasteiger partial charge in [0.05, 0.1) is 0 Å². The maximum Gasteiger partial charge on any atom is 0.158 e. The minimum absolute atomic E-state index is 0.0419. The Morgan fingerprint density at radius 1 is 1.38 bits per heavy atom. The molecule has 1 aliphatic rings. The molecule has 1 unspecified atom stereocenters. The van der Waals surface area contributed by atoms with Crippen LogP contribution in [0.3, 0.4) is 0 Å². The Labute approximate surface area is 82.0 Å². The molecule has 1 aliphatic heterocycles. The van der Waals surface area contributed by atoms with E-state index >= 15 is 0 Å². The number of benzene rings is 1. The van der Waals surface area contributed by atoms with E-state index in [4.69, 9.17) is 4.74 Å². The van der Waals surface area contributed by atoms with Crippen molar-refractivity contribution in [2.75, 3.05) is 12.9 Å². The minimum Gasteiger partial charge on any atom is -0.359 e. The quantitative estimate of drug-likeness (QED) is 0.717. The van der Waals surface area contributed by atoms with Gasteiger partial charge >= 0.3 is 0 Å². The number of thioether (sulfide) groups is 1. The molecule has 13 heavy (non-hydrogen) atoms. The van der Waals surface area contributed by atoms with Crippen molar-refractivity contribution in [3.05, 3.63) is 35.9 Å². The monoisotopic (exact) mass is 193 g/mol. The van der Waals surface area contributed by atoms with Crippen molar-refractivity contribution < 1.29 is 4.74 Å². The summed E-state index contributed by atoms with van der Waals surface area (Å²) in [7, 11) is 1.70. The summed E-state index contributed by atoms with van der Waals surface area (Å²) in [4.78, 5) is 4.43. The van der Waals surface area contributed by atoms with Gasteiger partial charge in [-0.3, -0.25) is 0 Å². The van der Waals surface area contributed by atoms with Crippen molar-refractivity contribution in [1.29, 1.82) is 0 Å². The molecule has 1 aromatic carbocycles. The zero-order valence-electron chi connectivity index (χ0n) is 7.43. The number of nitrogens with zero attached hydrogens (tertiary/aromatic N) is 1. The fraction of sp³-hybridized carbons (Fsp3) is 0.300. The van der Waals surface area contributed by atoms with Crippen LogP contribution in [0.5, 0.6) is 0 Å². The van der Waals surface area contributed by atoms with Crippen LogP contribution in [-0.4, -0.2) is 24.1 Å². The van der Waals surface area contributed by atoms with Crippen LogP contribution in [0.1, 0.15) is 5.56 Å². The van der Waals surface area contributed by atoms with E-state index in [0.717, 1.165) is 10.8 Å². The van der Waals surface area contributed by atoms with E-state index in [-0.39, 0.29) is 6.23 Å². The third-order valence-corrected chi connectivity index (χ3v) is 2.98. The molecule has 0 radical (unpaired) electrons. The standard InChI is InChI=1S/C10H11NOS/c1-12-9-7-13-10(11-9)8-5-3-2-4-6-8/h2-6,9H,7H2,1H3. The average molecular weight is 193 g/mol. The summed E-state index contributed by atoms with van der Waals surface area (Å²) in [6.07, 6.45) is 0.0419. The van der Waals surface area contributed by atoms with Crippen LogP contribution in [0.25, 0.3) is 0 Å². The maximum absolute atomic E-state index is 5.15. The summed E-state index contributed by atoms with van der Waals surface area (Å²) in [5.41, 5.74) is 1.19. The molecule has 0 aromatic heterocycles. The summed E-state index contributed by atoms with van der Waals surface area (Å²) in [6.45, 7) is 0. The first kappa shape index (κ1) is 8.78. The van der Waals surface area contributed by atoms with Crippen molar-refractivity contribution in [3.63, 3.8) is 0 Å². The van der Waals surface area contributed by atoms with Gasteiger partial charge in [0.2, 0.25) is 0 Å². The molecule has 3 heteroatoms. The van der Waals surface area contributed by atoms with Gasteiger partial charge in [-0.05, 0) is 0 Å².